The molecular weight excluding hydrogens is 331 g/mol. The van der Waals surface area contributed by atoms with E-state index in [1.165, 1.54) is 0 Å². The molecule has 0 spiro atoms. The summed E-state index contributed by atoms with van der Waals surface area (Å²) in [4.78, 5) is 0. The molecule has 0 aromatic carbocycles. The fraction of sp³-hybridized carbons (Fsp3) is 1.00. The summed E-state index contributed by atoms with van der Waals surface area (Å²) in [5.74, 6) is -0.515. The number of hydrogen-bond donors (Lipinski definition) is 1. The summed E-state index contributed by atoms with van der Waals surface area (Å²) in [6.07, 6.45) is 0.648. The Morgan fingerprint density at radius 2 is 1.75 bits per heavy atom. The van der Waals surface area contributed by atoms with Crippen LogP contribution in [0.5, 0.6) is 0 Å². The van der Waals surface area contributed by atoms with Gasteiger partial charge < -0.3 is 23.6 Å². The van der Waals surface area contributed by atoms with Crippen LogP contribution in [0, 0.1) is 11.3 Å². The number of aliphatic hydroxyl groups excluding tert-OH is 1. The highest BCUT2D eigenvalue weighted by molar-refractivity contribution is 7.53. The minimum atomic E-state index is -3.17. The van der Waals surface area contributed by atoms with Crippen molar-refractivity contribution in [3.63, 3.8) is 0 Å². The number of fused-ring (bicyclic) bond motifs is 3. The SMILES string of the molecule is CC(C)OP(=O)(CC[C@]12C[C@@H]1[C@H](O)[C@@H]1OC(C)(C)O[C@@H]12)OC(C)C. The Bertz CT molecular complexity index is 519. The van der Waals surface area contributed by atoms with Crippen LogP contribution in [0.25, 0.3) is 0 Å². The zero-order valence-electron chi connectivity index (χ0n) is 15.5. The molecule has 7 heteroatoms. The van der Waals surface area contributed by atoms with Gasteiger partial charge in [-0.2, -0.15) is 0 Å². The Kier molecular flexibility index (Phi) is 4.73. The maximum Gasteiger partial charge on any atom is 0.331 e. The van der Waals surface area contributed by atoms with E-state index in [0.29, 0.717) is 12.6 Å². The lowest BCUT2D eigenvalue weighted by atomic mass is 9.96. The molecule has 0 bridgehead atoms. The van der Waals surface area contributed by atoms with E-state index in [0.717, 1.165) is 6.42 Å². The molecule has 1 aliphatic heterocycles. The molecule has 0 aromatic rings. The minimum Gasteiger partial charge on any atom is -0.390 e. The van der Waals surface area contributed by atoms with Gasteiger partial charge in [0.05, 0.1) is 30.6 Å². The molecule has 1 heterocycles. The number of ether oxygens (including phenoxy) is 2. The van der Waals surface area contributed by atoms with Crippen LogP contribution in [0.15, 0.2) is 0 Å². The summed E-state index contributed by atoms with van der Waals surface area (Å²) in [7, 11) is -3.17. The molecule has 0 radical (unpaired) electrons. The third-order valence-electron chi connectivity index (χ3n) is 5.22. The van der Waals surface area contributed by atoms with Crippen LogP contribution in [0.2, 0.25) is 0 Å². The fourth-order valence-corrected chi connectivity index (χ4v) is 6.63. The Hall–Kier alpha value is 0.0300. The van der Waals surface area contributed by atoms with Crippen molar-refractivity contribution in [1.29, 1.82) is 0 Å². The van der Waals surface area contributed by atoms with Crippen LogP contribution >= 0.6 is 7.60 Å². The first-order valence-corrected chi connectivity index (χ1v) is 10.7. The quantitative estimate of drug-likeness (QED) is 0.701. The van der Waals surface area contributed by atoms with Gasteiger partial charge in [-0.25, -0.2) is 0 Å². The maximum atomic E-state index is 13.1. The molecule has 1 saturated heterocycles. The Labute approximate surface area is 144 Å². The van der Waals surface area contributed by atoms with Gasteiger partial charge in [-0.15, -0.1) is 0 Å². The minimum absolute atomic E-state index is 0.140. The van der Waals surface area contributed by atoms with E-state index in [-0.39, 0.29) is 35.7 Å². The third-order valence-corrected chi connectivity index (χ3v) is 7.47. The highest BCUT2D eigenvalue weighted by Crippen LogP contribution is 2.70. The van der Waals surface area contributed by atoms with Gasteiger partial charge in [0.15, 0.2) is 5.79 Å². The molecule has 140 valence electrons. The second-order valence-corrected chi connectivity index (χ2v) is 10.5. The number of aliphatic hydroxyl groups is 1. The fourth-order valence-electron chi connectivity index (χ4n) is 4.40. The molecule has 2 aliphatic carbocycles. The highest BCUT2D eigenvalue weighted by Gasteiger charge is 2.75. The zero-order chi connectivity index (χ0) is 17.9. The predicted molar refractivity (Wildman–Crippen MR) is 89.9 cm³/mol. The summed E-state index contributed by atoms with van der Waals surface area (Å²) >= 11 is 0. The van der Waals surface area contributed by atoms with E-state index in [1.807, 2.05) is 41.5 Å². The van der Waals surface area contributed by atoms with Gasteiger partial charge in [-0.1, -0.05) is 0 Å². The maximum absolute atomic E-state index is 13.1. The molecule has 3 rings (SSSR count). The van der Waals surface area contributed by atoms with Gasteiger partial charge in [0.1, 0.15) is 6.10 Å². The van der Waals surface area contributed by atoms with Crippen molar-refractivity contribution < 1.29 is 28.2 Å². The van der Waals surface area contributed by atoms with E-state index in [1.54, 1.807) is 0 Å². The first kappa shape index (κ1) is 18.8. The van der Waals surface area contributed by atoms with Crippen molar-refractivity contribution in [3.05, 3.63) is 0 Å². The lowest BCUT2D eigenvalue weighted by Crippen LogP contribution is -2.33. The van der Waals surface area contributed by atoms with Crippen LogP contribution in [0.4, 0.5) is 0 Å². The average Bonchev–Trinajstić information content (AvgIpc) is 2.98. The van der Waals surface area contributed by atoms with Gasteiger partial charge in [0, 0.05) is 5.41 Å². The Morgan fingerprint density at radius 3 is 2.29 bits per heavy atom. The van der Waals surface area contributed by atoms with Gasteiger partial charge in [0.25, 0.3) is 0 Å². The standard InChI is InChI=1S/C17H31O6P/c1-10(2)22-24(19,23-11(3)4)8-7-17-9-12(17)13(18)14-15(17)21-16(5,6)20-14/h10-15,18H,7-9H2,1-6H3/t12-,13+,14+,15+,17+/m1/s1. The van der Waals surface area contributed by atoms with Crippen molar-refractivity contribution in [2.75, 3.05) is 6.16 Å². The first-order valence-electron chi connectivity index (χ1n) is 8.98. The predicted octanol–water partition coefficient (Wildman–Crippen LogP) is 3.32. The molecule has 2 saturated carbocycles. The van der Waals surface area contributed by atoms with Gasteiger partial charge in [-0.05, 0) is 60.3 Å². The van der Waals surface area contributed by atoms with Crippen LogP contribution in [0.1, 0.15) is 54.4 Å². The molecule has 0 unspecified atom stereocenters. The highest BCUT2D eigenvalue weighted by atomic mass is 31.2. The smallest absolute Gasteiger partial charge is 0.331 e. The van der Waals surface area contributed by atoms with E-state index < -0.39 is 19.5 Å². The lowest BCUT2D eigenvalue weighted by Gasteiger charge is -2.27. The lowest BCUT2D eigenvalue weighted by molar-refractivity contribution is -0.167. The topological polar surface area (TPSA) is 74.2 Å². The number of rotatable bonds is 7. The molecule has 24 heavy (non-hydrogen) atoms. The van der Waals surface area contributed by atoms with Gasteiger partial charge in [-0.3, -0.25) is 4.57 Å². The molecule has 3 aliphatic rings. The molecule has 0 amide bonds. The summed E-state index contributed by atoms with van der Waals surface area (Å²) in [5, 5.41) is 10.5. The molecule has 0 aromatic heterocycles. The molecular formula is C17H31O6P. The largest absolute Gasteiger partial charge is 0.390 e. The first-order chi connectivity index (χ1) is 11.0. The van der Waals surface area contributed by atoms with Crippen LogP contribution in [-0.2, 0) is 23.1 Å². The molecule has 5 atom stereocenters. The third kappa shape index (κ3) is 3.34. The molecule has 6 nitrogen and oxygen atoms in total. The van der Waals surface area contributed by atoms with Crippen molar-refractivity contribution in [2.24, 2.45) is 11.3 Å². The summed E-state index contributed by atoms with van der Waals surface area (Å²) < 4.78 is 36.3. The van der Waals surface area contributed by atoms with Crippen molar-refractivity contribution in [2.45, 2.75) is 90.7 Å². The average molecular weight is 362 g/mol. The van der Waals surface area contributed by atoms with Crippen molar-refractivity contribution in [3.8, 4) is 0 Å². The number of hydrogen-bond acceptors (Lipinski definition) is 6. The van der Waals surface area contributed by atoms with Gasteiger partial charge in [0.2, 0.25) is 0 Å². The summed E-state index contributed by atoms with van der Waals surface area (Å²) in [6.45, 7) is 11.2. The Morgan fingerprint density at radius 1 is 1.17 bits per heavy atom. The monoisotopic (exact) mass is 362 g/mol. The van der Waals surface area contributed by atoms with Crippen molar-refractivity contribution >= 4 is 7.60 Å². The second kappa shape index (κ2) is 6.04. The summed E-state index contributed by atoms with van der Waals surface area (Å²) in [5.41, 5.74) is -0.159. The van der Waals surface area contributed by atoms with E-state index in [4.69, 9.17) is 18.5 Å². The summed E-state index contributed by atoms with van der Waals surface area (Å²) in [6, 6.07) is 0. The van der Waals surface area contributed by atoms with E-state index >= 15 is 0 Å². The van der Waals surface area contributed by atoms with E-state index in [2.05, 4.69) is 0 Å². The van der Waals surface area contributed by atoms with Crippen LogP contribution in [-0.4, -0.2) is 47.6 Å². The zero-order valence-corrected chi connectivity index (χ0v) is 16.4. The second-order valence-electron chi connectivity index (χ2n) is 8.45. The van der Waals surface area contributed by atoms with Crippen LogP contribution in [0.3, 0.4) is 0 Å². The normalized spacial score (nSPS) is 40.2. The van der Waals surface area contributed by atoms with Crippen molar-refractivity contribution in [1.82, 2.24) is 0 Å². The Balaban J connectivity index is 1.70. The van der Waals surface area contributed by atoms with Gasteiger partial charge >= 0.3 is 7.60 Å². The molecule has 1 N–H and O–H groups in total. The van der Waals surface area contributed by atoms with E-state index in [9.17, 15) is 9.67 Å². The van der Waals surface area contributed by atoms with Crippen LogP contribution < -0.4 is 0 Å². The molecule has 3 fully saturated rings.